The highest BCUT2D eigenvalue weighted by molar-refractivity contribution is 6.32. The zero-order chi connectivity index (χ0) is 10.1. The van der Waals surface area contributed by atoms with E-state index in [9.17, 15) is 0 Å². The van der Waals surface area contributed by atoms with Gasteiger partial charge in [-0.25, -0.2) is 9.97 Å². The minimum atomic E-state index is 0.292. The van der Waals surface area contributed by atoms with Crippen LogP contribution in [0.4, 0.5) is 11.5 Å². The lowest BCUT2D eigenvalue weighted by Gasteiger charge is -2.29. The van der Waals surface area contributed by atoms with Crippen molar-refractivity contribution in [2.24, 2.45) is 0 Å². The number of nitrogen functional groups attached to an aromatic ring is 1. The van der Waals surface area contributed by atoms with Crippen LogP contribution in [0.5, 0.6) is 0 Å². The lowest BCUT2D eigenvalue weighted by Crippen LogP contribution is -2.29. The highest BCUT2D eigenvalue weighted by Crippen LogP contribution is 2.30. The van der Waals surface area contributed by atoms with Gasteiger partial charge in [-0.15, -0.1) is 0 Å². The van der Waals surface area contributed by atoms with Gasteiger partial charge in [0, 0.05) is 6.04 Å². The van der Waals surface area contributed by atoms with Crippen LogP contribution in [0.2, 0.25) is 5.15 Å². The van der Waals surface area contributed by atoms with Crippen LogP contribution >= 0.6 is 11.6 Å². The molecule has 1 aromatic rings. The summed E-state index contributed by atoms with van der Waals surface area (Å²) in [7, 11) is 0. The number of nitrogens with one attached hydrogen (secondary N) is 1. The minimum absolute atomic E-state index is 0.292. The molecule has 1 saturated carbocycles. The smallest absolute Gasteiger partial charge is 0.157 e. The van der Waals surface area contributed by atoms with Crippen molar-refractivity contribution < 1.29 is 0 Å². The molecule has 3 N–H and O–H groups in total. The SMILES string of the molecule is C=C1CC(Nc2ncnc(Cl)c2N)C1. The summed E-state index contributed by atoms with van der Waals surface area (Å²) in [6, 6.07) is 0.385. The zero-order valence-electron chi connectivity index (χ0n) is 7.63. The van der Waals surface area contributed by atoms with Gasteiger partial charge in [-0.1, -0.05) is 23.8 Å². The molecule has 1 aliphatic rings. The molecule has 1 fully saturated rings. The molecule has 14 heavy (non-hydrogen) atoms. The monoisotopic (exact) mass is 210 g/mol. The second-order valence-corrected chi connectivity index (χ2v) is 3.78. The number of rotatable bonds is 2. The molecule has 5 heteroatoms. The second kappa shape index (κ2) is 3.46. The summed E-state index contributed by atoms with van der Waals surface area (Å²) in [5, 5.41) is 3.49. The first kappa shape index (κ1) is 9.27. The summed E-state index contributed by atoms with van der Waals surface area (Å²) in [5.41, 5.74) is 7.36. The number of halogens is 1. The summed E-state index contributed by atoms with van der Waals surface area (Å²) < 4.78 is 0. The van der Waals surface area contributed by atoms with Crippen LogP contribution in [-0.4, -0.2) is 16.0 Å². The van der Waals surface area contributed by atoms with Gasteiger partial charge in [0.2, 0.25) is 0 Å². The van der Waals surface area contributed by atoms with E-state index in [2.05, 4.69) is 21.9 Å². The van der Waals surface area contributed by atoms with Gasteiger partial charge in [-0.2, -0.15) is 0 Å². The van der Waals surface area contributed by atoms with Crippen molar-refractivity contribution in [2.45, 2.75) is 18.9 Å². The molecule has 0 saturated heterocycles. The third-order valence-corrected chi connectivity index (χ3v) is 2.55. The molecular formula is C9H11ClN4. The molecule has 0 aliphatic heterocycles. The van der Waals surface area contributed by atoms with Crippen LogP contribution in [0.1, 0.15) is 12.8 Å². The number of hydrogen-bond donors (Lipinski definition) is 2. The number of nitrogens with two attached hydrogens (primary N) is 1. The quantitative estimate of drug-likeness (QED) is 0.578. The van der Waals surface area contributed by atoms with Crippen LogP contribution in [0.15, 0.2) is 18.5 Å². The molecule has 0 bridgehead atoms. The van der Waals surface area contributed by atoms with Gasteiger partial charge in [0.25, 0.3) is 0 Å². The minimum Gasteiger partial charge on any atom is -0.393 e. The Kier molecular flexibility index (Phi) is 2.29. The van der Waals surface area contributed by atoms with E-state index < -0.39 is 0 Å². The Hall–Kier alpha value is -1.29. The lowest BCUT2D eigenvalue weighted by atomic mass is 9.88. The third kappa shape index (κ3) is 1.65. The number of nitrogens with zero attached hydrogens (tertiary/aromatic N) is 2. The molecule has 0 atom stereocenters. The van der Waals surface area contributed by atoms with Crippen molar-refractivity contribution in [1.29, 1.82) is 0 Å². The van der Waals surface area contributed by atoms with Gasteiger partial charge in [-0.05, 0) is 12.8 Å². The summed E-state index contributed by atoms with van der Waals surface area (Å²) in [6.45, 7) is 3.86. The van der Waals surface area contributed by atoms with Gasteiger partial charge in [0.1, 0.15) is 12.0 Å². The van der Waals surface area contributed by atoms with Gasteiger partial charge in [0.15, 0.2) is 11.0 Å². The first-order valence-electron chi connectivity index (χ1n) is 4.36. The first-order chi connectivity index (χ1) is 6.66. The molecule has 2 rings (SSSR count). The van der Waals surface area contributed by atoms with Crippen LogP contribution in [0.3, 0.4) is 0 Å². The molecule has 74 valence electrons. The average Bonchev–Trinajstić information content (AvgIpc) is 2.10. The molecular weight excluding hydrogens is 200 g/mol. The Bertz CT molecular complexity index is 369. The fourth-order valence-corrected chi connectivity index (χ4v) is 1.55. The number of aromatic nitrogens is 2. The predicted molar refractivity (Wildman–Crippen MR) is 57.2 cm³/mol. The molecule has 1 heterocycles. The Balaban J connectivity index is 2.09. The van der Waals surface area contributed by atoms with Gasteiger partial charge in [-0.3, -0.25) is 0 Å². The molecule has 0 aromatic carbocycles. The third-order valence-electron chi connectivity index (χ3n) is 2.25. The Morgan fingerprint density at radius 2 is 2.21 bits per heavy atom. The maximum atomic E-state index is 5.75. The maximum Gasteiger partial charge on any atom is 0.157 e. The van der Waals surface area contributed by atoms with Crippen LogP contribution in [-0.2, 0) is 0 Å². The van der Waals surface area contributed by atoms with E-state index in [0.717, 1.165) is 12.8 Å². The molecule has 0 unspecified atom stereocenters. The molecule has 1 aromatic heterocycles. The van der Waals surface area contributed by atoms with Crippen molar-refractivity contribution >= 4 is 23.1 Å². The van der Waals surface area contributed by atoms with E-state index in [1.807, 2.05) is 0 Å². The van der Waals surface area contributed by atoms with E-state index in [1.165, 1.54) is 11.9 Å². The van der Waals surface area contributed by atoms with E-state index in [1.54, 1.807) is 0 Å². The topological polar surface area (TPSA) is 63.8 Å². The Morgan fingerprint density at radius 3 is 2.86 bits per heavy atom. The standard InChI is InChI=1S/C9H11ClN4/c1-5-2-6(3-5)14-9-7(11)8(10)12-4-13-9/h4,6H,1-3,11H2,(H,12,13,14). The summed E-state index contributed by atoms with van der Waals surface area (Å²) in [4.78, 5) is 7.80. The summed E-state index contributed by atoms with van der Waals surface area (Å²) in [6.07, 6.45) is 3.34. The molecule has 0 spiro atoms. The second-order valence-electron chi connectivity index (χ2n) is 3.43. The van der Waals surface area contributed by atoms with Gasteiger partial charge in [0.05, 0.1) is 0 Å². The highest BCUT2D eigenvalue weighted by Gasteiger charge is 2.22. The van der Waals surface area contributed by atoms with Crippen LogP contribution in [0.25, 0.3) is 0 Å². The fraction of sp³-hybridized carbons (Fsp3) is 0.333. The Labute approximate surface area is 87.2 Å². The molecule has 0 radical (unpaired) electrons. The number of anilines is 2. The van der Waals surface area contributed by atoms with Crippen LogP contribution in [0, 0.1) is 0 Å². The fourth-order valence-electron chi connectivity index (χ4n) is 1.42. The molecule has 0 amide bonds. The first-order valence-corrected chi connectivity index (χ1v) is 4.74. The van der Waals surface area contributed by atoms with Crippen molar-refractivity contribution in [3.05, 3.63) is 23.6 Å². The summed E-state index contributed by atoms with van der Waals surface area (Å²) in [5.74, 6) is 0.613. The lowest BCUT2D eigenvalue weighted by molar-refractivity contribution is 0.580. The van der Waals surface area contributed by atoms with Crippen molar-refractivity contribution in [2.75, 3.05) is 11.1 Å². The number of hydrogen-bond acceptors (Lipinski definition) is 4. The largest absolute Gasteiger partial charge is 0.393 e. The summed E-state index contributed by atoms with van der Waals surface area (Å²) >= 11 is 5.75. The highest BCUT2D eigenvalue weighted by atomic mass is 35.5. The van der Waals surface area contributed by atoms with Gasteiger partial charge < -0.3 is 11.1 Å². The van der Waals surface area contributed by atoms with E-state index in [0.29, 0.717) is 22.7 Å². The van der Waals surface area contributed by atoms with E-state index in [4.69, 9.17) is 17.3 Å². The van der Waals surface area contributed by atoms with Gasteiger partial charge >= 0.3 is 0 Å². The van der Waals surface area contributed by atoms with E-state index in [-0.39, 0.29) is 0 Å². The normalized spacial score (nSPS) is 16.5. The molecule has 1 aliphatic carbocycles. The molecule has 4 nitrogen and oxygen atoms in total. The predicted octanol–water partition coefficient (Wildman–Crippen LogP) is 1.84. The van der Waals surface area contributed by atoms with E-state index >= 15 is 0 Å². The van der Waals surface area contributed by atoms with Crippen molar-refractivity contribution in [1.82, 2.24) is 9.97 Å². The maximum absolute atomic E-state index is 5.75. The average molecular weight is 211 g/mol. The Morgan fingerprint density at radius 1 is 1.50 bits per heavy atom. The van der Waals surface area contributed by atoms with Crippen molar-refractivity contribution in [3.8, 4) is 0 Å². The van der Waals surface area contributed by atoms with Crippen molar-refractivity contribution in [3.63, 3.8) is 0 Å². The van der Waals surface area contributed by atoms with Crippen LogP contribution < -0.4 is 11.1 Å². The zero-order valence-corrected chi connectivity index (χ0v) is 8.38.